The van der Waals surface area contributed by atoms with Crippen LogP contribution < -0.4 is 0 Å². The summed E-state index contributed by atoms with van der Waals surface area (Å²) in [6.45, 7) is 5.87. The summed E-state index contributed by atoms with van der Waals surface area (Å²) in [7, 11) is 1.79. The Labute approximate surface area is 178 Å². The van der Waals surface area contributed by atoms with Crippen LogP contribution >= 0.6 is 0 Å². The van der Waals surface area contributed by atoms with Gasteiger partial charge in [-0.3, -0.25) is 4.79 Å². The smallest absolute Gasteiger partial charge is 0.475 e. The molecule has 11 heteroatoms. The SMILES string of the molecule is COC[C@H]1CN(CC2CC2)C[C@@]12CCN(C(=O)c1ccncn1)C2.O=C(O)C(F)(F)F. The Hall–Kier alpha value is -2.27. The number of carbonyl (C=O) groups is 2. The van der Waals surface area contributed by atoms with Crippen molar-refractivity contribution in [2.45, 2.75) is 25.4 Å². The number of amides is 1. The van der Waals surface area contributed by atoms with Crippen molar-refractivity contribution < 1.29 is 32.6 Å². The first-order chi connectivity index (χ1) is 14.6. The van der Waals surface area contributed by atoms with Crippen molar-refractivity contribution in [1.82, 2.24) is 19.8 Å². The third-order valence-corrected chi connectivity index (χ3v) is 6.18. The van der Waals surface area contributed by atoms with E-state index in [1.165, 1.54) is 25.7 Å². The first-order valence-corrected chi connectivity index (χ1v) is 10.2. The van der Waals surface area contributed by atoms with Crippen molar-refractivity contribution in [3.05, 3.63) is 24.3 Å². The van der Waals surface area contributed by atoms with Gasteiger partial charge in [0.1, 0.15) is 12.0 Å². The number of hydrogen-bond donors (Lipinski definition) is 1. The summed E-state index contributed by atoms with van der Waals surface area (Å²) < 4.78 is 37.2. The number of aromatic nitrogens is 2. The quantitative estimate of drug-likeness (QED) is 0.741. The molecule has 31 heavy (non-hydrogen) atoms. The lowest BCUT2D eigenvalue weighted by atomic mass is 9.77. The van der Waals surface area contributed by atoms with Crippen molar-refractivity contribution in [2.24, 2.45) is 17.3 Å². The molecule has 8 nitrogen and oxygen atoms in total. The molecular formula is C20H27F3N4O4. The lowest BCUT2D eigenvalue weighted by Crippen LogP contribution is -2.38. The van der Waals surface area contributed by atoms with Crippen LogP contribution in [0.2, 0.25) is 0 Å². The maximum Gasteiger partial charge on any atom is 0.490 e. The predicted octanol–water partition coefficient (Wildman–Crippen LogP) is 1.93. The Kier molecular flexibility index (Phi) is 7.15. The third kappa shape index (κ3) is 5.91. The normalized spacial score (nSPS) is 26.1. The third-order valence-electron chi connectivity index (χ3n) is 6.18. The van der Waals surface area contributed by atoms with E-state index in [9.17, 15) is 18.0 Å². The first-order valence-electron chi connectivity index (χ1n) is 10.2. The van der Waals surface area contributed by atoms with E-state index in [-0.39, 0.29) is 11.3 Å². The summed E-state index contributed by atoms with van der Waals surface area (Å²) in [5, 5.41) is 7.12. The van der Waals surface area contributed by atoms with Gasteiger partial charge in [-0.2, -0.15) is 13.2 Å². The van der Waals surface area contributed by atoms with Crippen molar-refractivity contribution in [3.63, 3.8) is 0 Å². The highest BCUT2D eigenvalue weighted by atomic mass is 19.4. The Morgan fingerprint density at radius 3 is 2.58 bits per heavy atom. The maximum atomic E-state index is 12.7. The van der Waals surface area contributed by atoms with E-state index in [4.69, 9.17) is 14.6 Å². The topological polar surface area (TPSA) is 95.9 Å². The van der Waals surface area contributed by atoms with Gasteiger partial charge in [0.2, 0.25) is 0 Å². The highest BCUT2D eigenvalue weighted by Gasteiger charge is 2.51. The summed E-state index contributed by atoms with van der Waals surface area (Å²) in [4.78, 5) is 34.2. The van der Waals surface area contributed by atoms with Crippen LogP contribution in [0.1, 0.15) is 29.8 Å². The molecule has 2 saturated heterocycles. The molecule has 1 aromatic heterocycles. The zero-order chi connectivity index (χ0) is 22.6. The zero-order valence-electron chi connectivity index (χ0n) is 17.3. The van der Waals surface area contributed by atoms with Crippen molar-refractivity contribution in [3.8, 4) is 0 Å². The van der Waals surface area contributed by atoms with Crippen LogP contribution in [0.25, 0.3) is 0 Å². The fourth-order valence-electron chi connectivity index (χ4n) is 4.49. The van der Waals surface area contributed by atoms with Crippen LogP contribution in [0.5, 0.6) is 0 Å². The molecule has 0 radical (unpaired) electrons. The molecule has 3 aliphatic rings. The minimum absolute atomic E-state index is 0.0334. The number of aliphatic carboxylic acids is 1. The average molecular weight is 444 g/mol. The molecule has 0 bridgehead atoms. The van der Waals surface area contributed by atoms with Crippen LogP contribution in [0.4, 0.5) is 13.2 Å². The van der Waals surface area contributed by atoms with E-state index in [1.807, 2.05) is 4.90 Å². The minimum atomic E-state index is -5.08. The second-order valence-corrected chi connectivity index (χ2v) is 8.53. The second-order valence-electron chi connectivity index (χ2n) is 8.53. The number of ether oxygens (including phenoxy) is 1. The molecule has 0 unspecified atom stereocenters. The minimum Gasteiger partial charge on any atom is -0.475 e. The Balaban J connectivity index is 0.000000339. The molecule has 1 N–H and O–H groups in total. The van der Waals surface area contributed by atoms with Gasteiger partial charge in [-0.25, -0.2) is 14.8 Å². The van der Waals surface area contributed by atoms with E-state index in [0.29, 0.717) is 11.6 Å². The summed E-state index contributed by atoms with van der Waals surface area (Å²) in [5.41, 5.74) is 0.686. The number of methoxy groups -OCH3 is 1. The highest BCUT2D eigenvalue weighted by Crippen LogP contribution is 2.45. The molecule has 4 rings (SSSR count). The number of rotatable bonds is 5. The molecule has 1 saturated carbocycles. The predicted molar refractivity (Wildman–Crippen MR) is 103 cm³/mol. The molecule has 2 atom stereocenters. The molecule has 1 aromatic rings. The molecule has 1 aliphatic carbocycles. The number of nitrogens with zero attached hydrogens (tertiary/aromatic N) is 4. The number of carboxylic acids is 1. The van der Waals surface area contributed by atoms with Gasteiger partial charge in [0.15, 0.2) is 0 Å². The summed E-state index contributed by atoms with van der Waals surface area (Å²) in [6, 6.07) is 1.70. The zero-order valence-corrected chi connectivity index (χ0v) is 17.3. The van der Waals surface area contributed by atoms with Gasteiger partial charge in [0, 0.05) is 57.4 Å². The van der Waals surface area contributed by atoms with E-state index in [1.54, 1.807) is 19.4 Å². The molecule has 0 aromatic carbocycles. The second kappa shape index (κ2) is 9.47. The molecule has 2 aliphatic heterocycles. The molecule has 3 heterocycles. The van der Waals surface area contributed by atoms with Crippen LogP contribution in [-0.4, -0.2) is 89.4 Å². The number of likely N-dealkylation sites (tertiary alicyclic amines) is 2. The van der Waals surface area contributed by atoms with Crippen LogP contribution in [0, 0.1) is 17.3 Å². The van der Waals surface area contributed by atoms with Gasteiger partial charge < -0.3 is 19.6 Å². The Morgan fingerprint density at radius 2 is 2.03 bits per heavy atom. The van der Waals surface area contributed by atoms with Gasteiger partial charge in [-0.15, -0.1) is 0 Å². The highest BCUT2D eigenvalue weighted by molar-refractivity contribution is 5.92. The molecular weight excluding hydrogens is 417 g/mol. The molecule has 3 fully saturated rings. The number of alkyl halides is 3. The van der Waals surface area contributed by atoms with E-state index in [0.717, 1.165) is 45.1 Å². The van der Waals surface area contributed by atoms with Gasteiger partial charge in [-0.1, -0.05) is 0 Å². The molecule has 1 spiro atoms. The van der Waals surface area contributed by atoms with E-state index >= 15 is 0 Å². The Morgan fingerprint density at radius 1 is 1.32 bits per heavy atom. The maximum absolute atomic E-state index is 12.7. The van der Waals surface area contributed by atoms with Crippen molar-refractivity contribution >= 4 is 11.9 Å². The lowest BCUT2D eigenvalue weighted by Gasteiger charge is -2.30. The Bertz CT molecular complexity index is 775. The molecule has 1 amide bonds. The van der Waals surface area contributed by atoms with Gasteiger partial charge >= 0.3 is 12.1 Å². The van der Waals surface area contributed by atoms with Gasteiger partial charge in [-0.05, 0) is 31.2 Å². The number of halogens is 3. The number of hydrogen-bond acceptors (Lipinski definition) is 6. The lowest BCUT2D eigenvalue weighted by molar-refractivity contribution is -0.192. The largest absolute Gasteiger partial charge is 0.490 e. The van der Waals surface area contributed by atoms with Gasteiger partial charge in [0.25, 0.3) is 5.91 Å². The van der Waals surface area contributed by atoms with Crippen LogP contribution in [-0.2, 0) is 9.53 Å². The first kappa shape index (κ1) is 23.4. The van der Waals surface area contributed by atoms with Crippen LogP contribution in [0.3, 0.4) is 0 Å². The van der Waals surface area contributed by atoms with Crippen molar-refractivity contribution in [2.75, 3.05) is 46.4 Å². The van der Waals surface area contributed by atoms with Gasteiger partial charge in [0.05, 0.1) is 6.61 Å². The number of carbonyl (C=O) groups excluding carboxylic acids is 1. The standard InChI is InChI=1S/C18H26N4O2.C2HF3O2/c1-24-10-15-9-21(8-14-2-3-14)11-18(15)5-7-22(12-18)17(23)16-4-6-19-13-20-16;3-2(4,5)1(6)7/h4,6,13-15H,2-3,5,7-12H2,1H3;(H,6,7)/t15-,18-;/m1./s1. The summed E-state index contributed by atoms with van der Waals surface area (Å²) in [6.07, 6.45) is 1.83. The summed E-state index contributed by atoms with van der Waals surface area (Å²) >= 11 is 0. The number of carboxylic acid groups (broad SMARTS) is 1. The monoisotopic (exact) mass is 444 g/mol. The average Bonchev–Trinajstić information content (AvgIpc) is 3.34. The van der Waals surface area contributed by atoms with Crippen LogP contribution in [0.15, 0.2) is 18.6 Å². The van der Waals surface area contributed by atoms with E-state index in [2.05, 4.69) is 14.9 Å². The summed E-state index contributed by atoms with van der Waals surface area (Å²) in [5.74, 6) is -1.30. The molecule has 172 valence electrons. The van der Waals surface area contributed by atoms with E-state index < -0.39 is 12.1 Å². The van der Waals surface area contributed by atoms with Crippen molar-refractivity contribution in [1.29, 1.82) is 0 Å². The fourth-order valence-corrected chi connectivity index (χ4v) is 4.49. The fraction of sp³-hybridized carbons (Fsp3) is 0.700.